The van der Waals surface area contributed by atoms with E-state index in [4.69, 9.17) is 4.74 Å². The molecule has 25 heavy (non-hydrogen) atoms. The average Bonchev–Trinajstić information content (AvgIpc) is 2.67. The number of ether oxygens (including phenoxy) is 1. The number of rotatable bonds is 9. The number of benzene rings is 1. The summed E-state index contributed by atoms with van der Waals surface area (Å²) in [7, 11) is 1.71. The van der Waals surface area contributed by atoms with E-state index in [2.05, 4.69) is 44.8 Å². The number of hydrogen-bond acceptors (Lipinski definition) is 6. The lowest BCUT2D eigenvalue weighted by atomic mass is 10.1. The van der Waals surface area contributed by atoms with Crippen LogP contribution in [0.4, 0.5) is 5.69 Å². The Balaban J connectivity index is 1.39. The molecule has 1 saturated heterocycles. The number of methoxy groups -OCH3 is 1. The summed E-state index contributed by atoms with van der Waals surface area (Å²) in [5.74, 6) is 5.92. The Hall–Kier alpha value is -1.11. The lowest BCUT2D eigenvalue weighted by Gasteiger charge is -2.25. The Labute approximate surface area is 159 Å². The van der Waals surface area contributed by atoms with Gasteiger partial charge in [-0.15, -0.1) is 0 Å². The first kappa shape index (κ1) is 18.7. The van der Waals surface area contributed by atoms with Crippen LogP contribution in [0, 0.1) is 0 Å². The molecule has 2 heterocycles. The van der Waals surface area contributed by atoms with Crippen molar-refractivity contribution >= 4 is 40.1 Å². The van der Waals surface area contributed by atoms with Gasteiger partial charge in [-0.2, -0.15) is 23.5 Å². The van der Waals surface area contributed by atoms with Gasteiger partial charge in [0, 0.05) is 61.1 Å². The summed E-state index contributed by atoms with van der Waals surface area (Å²) in [4.78, 5) is 7.10. The van der Waals surface area contributed by atoms with Gasteiger partial charge in [-0.25, -0.2) is 0 Å². The third kappa shape index (κ3) is 5.69. The van der Waals surface area contributed by atoms with Crippen molar-refractivity contribution in [2.75, 3.05) is 61.6 Å². The fourth-order valence-electron chi connectivity index (χ4n) is 2.94. The number of thioether (sulfide) groups is 2. The predicted molar refractivity (Wildman–Crippen MR) is 112 cm³/mol. The zero-order valence-electron chi connectivity index (χ0n) is 14.9. The predicted octanol–water partition coefficient (Wildman–Crippen LogP) is 3.83. The van der Waals surface area contributed by atoms with Gasteiger partial charge in [0.05, 0.1) is 18.3 Å². The average molecular weight is 378 g/mol. The lowest BCUT2D eigenvalue weighted by Crippen LogP contribution is -2.34. The maximum atomic E-state index is 5.40. The van der Waals surface area contributed by atoms with E-state index in [9.17, 15) is 0 Å². The molecular formula is C19H27N3OS2. The molecule has 0 amide bonds. The van der Waals surface area contributed by atoms with Gasteiger partial charge >= 0.3 is 0 Å². The van der Waals surface area contributed by atoms with Crippen molar-refractivity contribution < 1.29 is 4.74 Å². The third-order valence-electron chi connectivity index (χ3n) is 4.35. The number of nitrogens with one attached hydrogen (secondary N) is 1. The summed E-state index contributed by atoms with van der Waals surface area (Å²) in [6.45, 7) is 4.74. The van der Waals surface area contributed by atoms with Crippen LogP contribution in [0.3, 0.4) is 0 Å². The molecular weight excluding hydrogens is 350 g/mol. The summed E-state index contributed by atoms with van der Waals surface area (Å²) >= 11 is 4.14. The largest absolute Gasteiger partial charge is 0.497 e. The van der Waals surface area contributed by atoms with Crippen molar-refractivity contribution in [3.05, 3.63) is 30.5 Å². The van der Waals surface area contributed by atoms with E-state index >= 15 is 0 Å². The molecule has 0 radical (unpaired) electrons. The molecule has 1 aromatic carbocycles. The van der Waals surface area contributed by atoms with Crippen LogP contribution < -0.4 is 10.1 Å². The molecule has 0 aliphatic carbocycles. The maximum Gasteiger partial charge on any atom is 0.121 e. The van der Waals surface area contributed by atoms with Crippen LogP contribution in [-0.4, -0.2) is 66.2 Å². The van der Waals surface area contributed by atoms with E-state index < -0.39 is 0 Å². The third-order valence-corrected chi connectivity index (χ3v) is 6.34. The zero-order valence-corrected chi connectivity index (χ0v) is 16.5. The maximum absolute atomic E-state index is 5.40. The summed E-state index contributed by atoms with van der Waals surface area (Å²) < 4.78 is 5.40. The van der Waals surface area contributed by atoms with E-state index in [1.165, 1.54) is 42.6 Å². The number of nitrogens with zero attached hydrogens (tertiary/aromatic N) is 2. The van der Waals surface area contributed by atoms with Crippen LogP contribution in [0.2, 0.25) is 0 Å². The molecule has 136 valence electrons. The monoisotopic (exact) mass is 377 g/mol. The standard InChI is InChI=1S/C19H27N3OS2/c1-23-17-14-16-4-2-5-21-19(16)18(15-17)20-6-3-10-24-11-7-22-8-12-25-13-9-22/h2,4-5,14-15,20H,3,6-13H2,1H3. The molecule has 0 unspecified atom stereocenters. The van der Waals surface area contributed by atoms with Gasteiger partial charge in [0.1, 0.15) is 5.75 Å². The van der Waals surface area contributed by atoms with Gasteiger partial charge in [0.15, 0.2) is 0 Å². The van der Waals surface area contributed by atoms with Crippen LogP contribution in [0.15, 0.2) is 30.5 Å². The lowest BCUT2D eigenvalue weighted by molar-refractivity contribution is 0.322. The molecule has 3 rings (SSSR count). The van der Waals surface area contributed by atoms with E-state index in [-0.39, 0.29) is 0 Å². The van der Waals surface area contributed by atoms with Gasteiger partial charge in [0.2, 0.25) is 0 Å². The highest BCUT2D eigenvalue weighted by atomic mass is 32.2. The van der Waals surface area contributed by atoms with Crippen molar-refractivity contribution in [3.63, 3.8) is 0 Å². The Bertz CT molecular complexity index is 662. The Morgan fingerprint density at radius 1 is 1.28 bits per heavy atom. The Morgan fingerprint density at radius 2 is 2.16 bits per heavy atom. The highest BCUT2D eigenvalue weighted by Gasteiger charge is 2.09. The first-order chi connectivity index (χ1) is 12.4. The zero-order chi connectivity index (χ0) is 17.3. The summed E-state index contributed by atoms with van der Waals surface area (Å²) in [6.07, 6.45) is 3.00. The Morgan fingerprint density at radius 3 is 3.00 bits per heavy atom. The van der Waals surface area contributed by atoms with E-state index in [1.807, 2.05) is 24.4 Å². The van der Waals surface area contributed by atoms with E-state index in [0.29, 0.717) is 0 Å². The number of pyridine rings is 1. The fourth-order valence-corrected chi connectivity index (χ4v) is 4.85. The summed E-state index contributed by atoms with van der Waals surface area (Å²) in [5, 5.41) is 4.64. The molecule has 6 heteroatoms. The first-order valence-corrected chi connectivity index (χ1v) is 11.2. The van der Waals surface area contributed by atoms with Gasteiger partial charge in [-0.3, -0.25) is 4.98 Å². The molecule has 1 N–H and O–H groups in total. The van der Waals surface area contributed by atoms with E-state index in [0.717, 1.165) is 35.3 Å². The molecule has 0 saturated carbocycles. The molecule has 2 aromatic rings. The minimum absolute atomic E-state index is 0.872. The minimum Gasteiger partial charge on any atom is -0.497 e. The molecule has 1 fully saturated rings. The van der Waals surface area contributed by atoms with Crippen LogP contribution in [0.5, 0.6) is 5.75 Å². The topological polar surface area (TPSA) is 37.4 Å². The molecule has 0 bridgehead atoms. The second kappa shape index (κ2) is 10.1. The number of anilines is 1. The second-order valence-corrected chi connectivity index (χ2v) is 8.55. The highest BCUT2D eigenvalue weighted by Crippen LogP contribution is 2.27. The molecule has 0 atom stereocenters. The summed E-state index contributed by atoms with van der Waals surface area (Å²) in [5.41, 5.74) is 2.07. The van der Waals surface area contributed by atoms with Crippen LogP contribution >= 0.6 is 23.5 Å². The van der Waals surface area contributed by atoms with E-state index in [1.54, 1.807) is 7.11 Å². The molecule has 4 nitrogen and oxygen atoms in total. The molecule has 1 aromatic heterocycles. The van der Waals surface area contributed by atoms with Crippen molar-refractivity contribution in [2.24, 2.45) is 0 Å². The van der Waals surface area contributed by atoms with Crippen molar-refractivity contribution in [3.8, 4) is 5.75 Å². The number of hydrogen-bond donors (Lipinski definition) is 1. The smallest absolute Gasteiger partial charge is 0.121 e. The quantitative estimate of drug-likeness (QED) is 0.670. The van der Waals surface area contributed by atoms with Crippen LogP contribution in [-0.2, 0) is 0 Å². The van der Waals surface area contributed by atoms with Gasteiger partial charge in [-0.05, 0) is 24.3 Å². The molecule has 1 aliphatic rings. The van der Waals surface area contributed by atoms with Crippen molar-refractivity contribution in [1.29, 1.82) is 0 Å². The fraction of sp³-hybridized carbons (Fsp3) is 0.526. The SMILES string of the molecule is COc1cc(NCCCSCCN2CCSCC2)c2ncccc2c1. The van der Waals surface area contributed by atoms with Gasteiger partial charge < -0.3 is 15.0 Å². The highest BCUT2D eigenvalue weighted by molar-refractivity contribution is 7.99. The van der Waals surface area contributed by atoms with Gasteiger partial charge in [0.25, 0.3) is 0 Å². The van der Waals surface area contributed by atoms with Gasteiger partial charge in [-0.1, -0.05) is 6.07 Å². The van der Waals surface area contributed by atoms with Crippen LogP contribution in [0.25, 0.3) is 10.9 Å². The normalized spacial score (nSPS) is 15.4. The number of aromatic nitrogens is 1. The minimum atomic E-state index is 0.872. The first-order valence-electron chi connectivity index (χ1n) is 8.91. The second-order valence-electron chi connectivity index (χ2n) is 6.10. The molecule has 0 spiro atoms. The van der Waals surface area contributed by atoms with Crippen molar-refractivity contribution in [1.82, 2.24) is 9.88 Å². The summed E-state index contributed by atoms with van der Waals surface area (Å²) in [6, 6.07) is 8.10. The Kier molecular flexibility index (Phi) is 7.57. The van der Waals surface area contributed by atoms with Crippen LogP contribution in [0.1, 0.15) is 6.42 Å². The van der Waals surface area contributed by atoms with Crippen molar-refractivity contribution in [2.45, 2.75) is 6.42 Å². The molecule has 1 aliphatic heterocycles. The number of fused-ring (bicyclic) bond motifs is 1.